The van der Waals surface area contributed by atoms with E-state index in [0.717, 1.165) is 97.7 Å². The molecule has 55 heavy (non-hydrogen) atoms. The minimum atomic E-state index is -4.98. The highest BCUT2D eigenvalue weighted by molar-refractivity contribution is 5.79. The number of hydrogen-bond acceptors (Lipinski definition) is 8. The normalized spacial score (nSPS) is 16.5. The SMILES string of the molecule is CCn1ncc2cc(CN(Cc3cc(C(F)(F)F)cc(C(F)(F)F)c3)c3ncc(-c4ccc(N5CCOCC5)cc4)cn3)c(N(CC3CC3)CC3CC3)nc21. The van der Waals surface area contributed by atoms with Gasteiger partial charge in [0, 0.05) is 80.4 Å². The Bertz CT molecular complexity index is 2060. The van der Waals surface area contributed by atoms with E-state index in [-0.39, 0.29) is 30.7 Å². The monoisotopic (exact) mass is 764 g/mol. The van der Waals surface area contributed by atoms with Crippen LogP contribution in [0.1, 0.15) is 54.9 Å². The van der Waals surface area contributed by atoms with Gasteiger partial charge in [0.25, 0.3) is 0 Å². The summed E-state index contributed by atoms with van der Waals surface area (Å²) < 4.78 is 91.2. The maximum absolute atomic E-state index is 14.0. The lowest BCUT2D eigenvalue weighted by atomic mass is 10.0. The first kappa shape index (κ1) is 37.0. The molecule has 15 heteroatoms. The van der Waals surface area contributed by atoms with E-state index in [0.29, 0.717) is 37.2 Å². The predicted molar refractivity (Wildman–Crippen MR) is 198 cm³/mol. The number of morpholine rings is 1. The summed E-state index contributed by atoms with van der Waals surface area (Å²) in [5, 5.41) is 5.30. The molecule has 2 aromatic carbocycles. The summed E-state index contributed by atoms with van der Waals surface area (Å²) in [5.41, 5.74) is 1.22. The van der Waals surface area contributed by atoms with E-state index in [1.807, 2.05) is 41.9 Å². The minimum Gasteiger partial charge on any atom is -0.378 e. The summed E-state index contributed by atoms with van der Waals surface area (Å²) in [6, 6.07) is 11.7. The van der Waals surface area contributed by atoms with Gasteiger partial charge in [-0.1, -0.05) is 12.1 Å². The van der Waals surface area contributed by atoms with E-state index in [4.69, 9.17) is 9.72 Å². The first-order valence-electron chi connectivity index (χ1n) is 18.8. The quantitative estimate of drug-likeness (QED) is 0.110. The standard InChI is InChI=1S/C40H42F6N8O/c1-2-54-37-30(21-49-54)17-31(36(50-37)52(22-26-3-4-26)23-27-5-6-27)25-53(24-28-15-33(39(41,42)43)18-34(16-28)40(44,45)46)38-47-19-32(20-48-38)29-7-9-35(10-8-29)51-11-13-55-14-12-51/h7-10,15-21,26-27H,2-6,11-14,22-25H2,1H3. The zero-order valence-electron chi connectivity index (χ0n) is 30.5. The highest BCUT2D eigenvalue weighted by atomic mass is 19.4. The van der Waals surface area contributed by atoms with Crippen molar-refractivity contribution in [3.05, 3.63) is 89.4 Å². The molecule has 0 amide bonds. The molecule has 0 spiro atoms. The fourth-order valence-corrected chi connectivity index (χ4v) is 7.19. The van der Waals surface area contributed by atoms with E-state index >= 15 is 0 Å². The molecule has 2 aliphatic carbocycles. The minimum absolute atomic E-state index is 0.0760. The third-order valence-electron chi connectivity index (χ3n) is 10.5. The average molecular weight is 765 g/mol. The number of nitrogens with zero attached hydrogens (tertiary/aromatic N) is 8. The number of hydrogen-bond donors (Lipinski definition) is 0. The summed E-state index contributed by atoms with van der Waals surface area (Å²) in [4.78, 5) is 20.7. The molecule has 3 aliphatic rings. The third kappa shape index (κ3) is 8.66. The van der Waals surface area contributed by atoms with Crippen LogP contribution in [0.4, 0.5) is 43.8 Å². The molecule has 0 N–H and O–H groups in total. The summed E-state index contributed by atoms with van der Waals surface area (Å²) >= 11 is 0. The highest BCUT2D eigenvalue weighted by Crippen LogP contribution is 2.39. The summed E-state index contributed by atoms with van der Waals surface area (Å²) in [6.45, 7) is 6.92. The lowest BCUT2D eigenvalue weighted by Gasteiger charge is -2.29. The van der Waals surface area contributed by atoms with Crippen molar-refractivity contribution in [1.82, 2.24) is 24.7 Å². The van der Waals surface area contributed by atoms with Gasteiger partial charge in [-0.2, -0.15) is 31.4 Å². The Morgan fingerprint density at radius 1 is 0.745 bits per heavy atom. The van der Waals surface area contributed by atoms with Gasteiger partial charge in [0.05, 0.1) is 30.5 Å². The molecule has 3 fully saturated rings. The highest BCUT2D eigenvalue weighted by Gasteiger charge is 2.37. The van der Waals surface area contributed by atoms with Gasteiger partial charge in [0.15, 0.2) is 5.65 Å². The van der Waals surface area contributed by atoms with Crippen LogP contribution in [0.5, 0.6) is 0 Å². The van der Waals surface area contributed by atoms with E-state index in [1.54, 1.807) is 23.5 Å². The molecule has 3 aromatic heterocycles. The fraction of sp³-hybridized carbons (Fsp3) is 0.450. The molecular formula is C40H42F6N8O. The molecule has 1 saturated heterocycles. The summed E-state index contributed by atoms with van der Waals surface area (Å²) in [5.74, 6) is 1.98. The van der Waals surface area contributed by atoms with E-state index < -0.39 is 23.5 Å². The Kier molecular flexibility index (Phi) is 10.1. The van der Waals surface area contributed by atoms with Gasteiger partial charge in [-0.05, 0) is 92.0 Å². The van der Waals surface area contributed by atoms with Crippen LogP contribution in [0.3, 0.4) is 0 Å². The van der Waals surface area contributed by atoms with E-state index in [2.05, 4.69) is 24.9 Å². The lowest BCUT2D eigenvalue weighted by Crippen LogP contribution is -2.36. The van der Waals surface area contributed by atoms with Crippen LogP contribution in [0.15, 0.2) is 67.1 Å². The molecule has 0 radical (unpaired) electrons. The van der Waals surface area contributed by atoms with Crippen molar-refractivity contribution >= 4 is 28.5 Å². The summed E-state index contributed by atoms with van der Waals surface area (Å²) in [6.07, 6.45) is -0.452. The predicted octanol–water partition coefficient (Wildman–Crippen LogP) is 8.62. The molecular weight excluding hydrogens is 722 g/mol. The van der Waals surface area contributed by atoms with Gasteiger partial charge in [-0.3, -0.25) is 0 Å². The zero-order valence-corrected chi connectivity index (χ0v) is 30.5. The van der Waals surface area contributed by atoms with E-state index in [1.165, 1.54) is 0 Å². The lowest BCUT2D eigenvalue weighted by molar-refractivity contribution is -0.143. The van der Waals surface area contributed by atoms with Crippen molar-refractivity contribution in [1.29, 1.82) is 0 Å². The Labute approximate surface area is 314 Å². The number of alkyl halides is 6. The van der Waals surface area contributed by atoms with Crippen LogP contribution in [0.25, 0.3) is 22.2 Å². The Hall–Kier alpha value is -4.92. The molecule has 290 valence electrons. The fourth-order valence-electron chi connectivity index (χ4n) is 7.19. The summed E-state index contributed by atoms with van der Waals surface area (Å²) in [7, 11) is 0. The first-order chi connectivity index (χ1) is 26.4. The molecule has 8 rings (SSSR count). The number of ether oxygens (including phenoxy) is 1. The van der Waals surface area contributed by atoms with Gasteiger partial charge in [0.2, 0.25) is 5.95 Å². The van der Waals surface area contributed by atoms with Crippen LogP contribution in [-0.2, 0) is 36.7 Å². The number of halogens is 6. The number of anilines is 3. The molecule has 0 atom stereocenters. The van der Waals surface area contributed by atoms with Crippen LogP contribution >= 0.6 is 0 Å². The van der Waals surface area contributed by atoms with Gasteiger partial charge in [-0.25, -0.2) is 19.6 Å². The van der Waals surface area contributed by atoms with Crippen molar-refractivity contribution in [3.8, 4) is 11.1 Å². The van der Waals surface area contributed by atoms with Crippen molar-refractivity contribution in [2.24, 2.45) is 11.8 Å². The topological polar surface area (TPSA) is 75.4 Å². The van der Waals surface area contributed by atoms with E-state index in [9.17, 15) is 26.3 Å². The van der Waals surface area contributed by atoms with Crippen molar-refractivity contribution in [2.45, 2.75) is 64.6 Å². The largest absolute Gasteiger partial charge is 0.416 e. The van der Waals surface area contributed by atoms with Gasteiger partial charge in [0.1, 0.15) is 5.82 Å². The Morgan fingerprint density at radius 2 is 1.36 bits per heavy atom. The van der Waals surface area contributed by atoms with Crippen LogP contribution in [0, 0.1) is 11.8 Å². The smallest absolute Gasteiger partial charge is 0.378 e. The molecule has 0 unspecified atom stereocenters. The van der Waals surface area contributed by atoms with Crippen molar-refractivity contribution < 1.29 is 31.1 Å². The maximum atomic E-state index is 14.0. The number of pyridine rings is 1. The number of aryl methyl sites for hydroxylation is 1. The average Bonchev–Trinajstić information content (AvgIpc) is 4.13. The molecule has 2 saturated carbocycles. The van der Waals surface area contributed by atoms with Gasteiger partial charge >= 0.3 is 12.4 Å². The maximum Gasteiger partial charge on any atom is 0.416 e. The number of aromatic nitrogens is 5. The third-order valence-corrected chi connectivity index (χ3v) is 10.5. The first-order valence-corrected chi connectivity index (χ1v) is 18.8. The Balaban J connectivity index is 1.18. The van der Waals surface area contributed by atoms with Crippen LogP contribution < -0.4 is 14.7 Å². The van der Waals surface area contributed by atoms with Crippen molar-refractivity contribution in [3.63, 3.8) is 0 Å². The van der Waals surface area contributed by atoms with Crippen LogP contribution in [-0.4, -0.2) is 64.1 Å². The number of fused-ring (bicyclic) bond motifs is 1. The van der Waals surface area contributed by atoms with Gasteiger partial charge in [-0.15, -0.1) is 0 Å². The second kappa shape index (κ2) is 15.0. The molecule has 1 aliphatic heterocycles. The molecule has 4 heterocycles. The van der Waals surface area contributed by atoms with Gasteiger partial charge < -0.3 is 19.4 Å². The molecule has 9 nitrogen and oxygen atoms in total. The zero-order chi connectivity index (χ0) is 38.3. The Morgan fingerprint density at radius 3 is 1.93 bits per heavy atom. The van der Waals surface area contributed by atoms with Crippen LogP contribution in [0.2, 0.25) is 0 Å². The second-order valence-corrected chi connectivity index (χ2v) is 14.8. The second-order valence-electron chi connectivity index (χ2n) is 14.8. The molecule has 5 aromatic rings. The van der Waals surface area contributed by atoms with Crippen molar-refractivity contribution in [2.75, 3.05) is 54.1 Å². The molecule has 0 bridgehead atoms. The number of rotatable bonds is 13. The number of benzene rings is 2.